The molecule has 0 aliphatic carbocycles. The number of unbranched alkanes of at least 4 members (excludes halogenated alkanes) is 1. The van der Waals surface area contributed by atoms with Crippen molar-refractivity contribution in [1.82, 2.24) is 0 Å². The van der Waals surface area contributed by atoms with E-state index < -0.39 is 16.4 Å². The predicted octanol–water partition coefficient (Wildman–Crippen LogP) is 5.23. The normalized spacial score (nSPS) is 13.5. The monoisotopic (exact) mass is 296 g/mol. The van der Waals surface area contributed by atoms with Crippen molar-refractivity contribution in [1.29, 1.82) is 0 Å². The summed E-state index contributed by atoms with van der Waals surface area (Å²) in [6.07, 6.45) is 6.33. The molecule has 0 aliphatic rings. The molecule has 0 saturated carbocycles. The van der Waals surface area contributed by atoms with Crippen LogP contribution in [0.1, 0.15) is 33.6 Å². The van der Waals surface area contributed by atoms with Gasteiger partial charge in [-0.2, -0.15) is 0 Å². The highest BCUT2D eigenvalue weighted by molar-refractivity contribution is 6.83. The summed E-state index contributed by atoms with van der Waals surface area (Å²) >= 11 is 0. The van der Waals surface area contributed by atoms with Crippen LogP contribution in [0.15, 0.2) is 12.2 Å². The first-order valence-corrected chi connectivity index (χ1v) is 13.7. The molecule has 0 heterocycles. The summed E-state index contributed by atoms with van der Waals surface area (Å²) in [5.41, 5.74) is 3.33. The van der Waals surface area contributed by atoms with Crippen LogP contribution in [0.5, 0.6) is 0 Å². The van der Waals surface area contributed by atoms with Crippen molar-refractivity contribution in [3.63, 3.8) is 0 Å². The third-order valence-corrected chi connectivity index (χ3v) is 8.87. The molecule has 0 bridgehead atoms. The van der Waals surface area contributed by atoms with Gasteiger partial charge in [-0.1, -0.05) is 52.4 Å². The molecule has 0 spiro atoms. The number of allylic oxidation sites excluding steroid dienone is 2. The van der Waals surface area contributed by atoms with E-state index in [-0.39, 0.29) is 0 Å². The largest absolute Gasteiger partial charge is 0.417 e. The molecule has 0 aliphatic heterocycles. The van der Waals surface area contributed by atoms with Gasteiger partial charge in [0.25, 0.3) is 0 Å². The van der Waals surface area contributed by atoms with Crippen molar-refractivity contribution >= 4 is 16.4 Å². The van der Waals surface area contributed by atoms with Gasteiger partial charge in [0.2, 0.25) is 0 Å². The molecule has 110 valence electrons. The van der Waals surface area contributed by atoms with E-state index in [4.69, 9.17) is 4.43 Å². The zero-order valence-corrected chi connectivity index (χ0v) is 16.2. The van der Waals surface area contributed by atoms with Gasteiger partial charge in [0.05, 0.1) is 0 Å². The van der Waals surface area contributed by atoms with Crippen molar-refractivity contribution in [3.05, 3.63) is 12.2 Å². The Morgan fingerprint density at radius 3 is 2.11 bits per heavy atom. The molecular formula is C16H32OSi2. The van der Waals surface area contributed by atoms with Gasteiger partial charge in [-0.15, -0.1) is 5.54 Å². The standard InChI is InChI=1S/C16H32OSi2/c1-16(2,3)19(7,8)17-14-12-10-9-11-13-15-18(4,5)6/h9,11H,10,12,14H2,1-8H3/b11-9+. The Bertz CT molecular complexity index is 346. The van der Waals surface area contributed by atoms with E-state index in [1.54, 1.807) is 0 Å². The second-order valence-corrected chi connectivity index (χ2v) is 17.2. The van der Waals surface area contributed by atoms with Crippen LogP contribution in [0.3, 0.4) is 0 Å². The van der Waals surface area contributed by atoms with Crippen LogP contribution in [0.4, 0.5) is 0 Å². The lowest BCUT2D eigenvalue weighted by Crippen LogP contribution is -2.40. The van der Waals surface area contributed by atoms with E-state index in [1.165, 1.54) is 0 Å². The third kappa shape index (κ3) is 9.26. The van der Waals surface area contributed by atoms with Crippen LogP contribution in [0, 0.1) is 11.5 Å². The van der Waals surface area contributed by atoms with E-state index >= 15 is 0 Å². The summed E-state index contributed by atoms with van der Waals surface area (Å²) in [6, 6.07) is 0. The van der Waals surface area contributed by atoms with Gasteiger partial charge in [-0.05, 0) is 37.0 Å². The average Bonchev–Trinajstić information content (AvgIpc) is 2.18. The first-order chi connectivity index (χ1) is 8.46. The molecule has 0 amide bonds. The molecule has 1 nitrogen and oxygen atoms in total. The Kier molecular flexibility index (Phi) is 7.35. The molecule has 0 aromatic rings. The molecule has 0 radical (unpaired) electrons. The van der Waals surface area contributed by atoms with Crippen molar-refractivity contribution < 1.29 is 4.43 Å². The molecule has 3 heteroatoms. The van der Waals surface area contributed by atoms with Crippen LogP contribution in [-0.2, 0) is 4.43 Å². The van der Waals surface area contributed by atoms with Gasteiger partial charge in [0.1, 0.15) is 8.07 Å². The fraction of sp³-hybridized carbons (Fsp3) is 0.750. The molecule has 0 aromatic carbocycles. The Hall–Kier alpha value is -0.306. The van der Waals surface area contributed by atoms with Crippen molar-refractivity contribution in [2.45, 2.75) is 71.4 Å². The van der Waals surface area contributed by atoms with E-state index in [1.807, 2.05) is 6.08 Å². The Labute approximate surface area is 123 Å². The number of hydrogen-bond donors (Lipinski definition) is 0. The SMILES string of the molecule is CC(C)(C)[Si](C)(C)OCCC/C=C/C#C[Si](C)(C)C. The molecule has 0 aromatic heterocycles. The Balaban J connectivity index is 3.89. The van der Waals surface area contributed by atoms with E-state index in [0.717, 1.165) is 19.4 Å². The van der Waals surface area contributed by atoms with Crippen LogP contribution in [0.25, 0.3) is 0 Å². The van der Waals surface area contributed by atoms with Crippen molar-refractivity contribution in [2.24, 2.45) is 0 Å². The number of hydrogen-bond acceptors (Lipinski definition) is 1. The van der Waals surface area contributed by atoms with E-state index in [2.05, 4.69) is 71.0 Å². The van der Waals surface area contributed by atoms with Crippen LogP contribution < -0.4 is 0 Å². The van der Waals surface area contributed by atoms with Gasteiger partial charge in [0.15, 0.2) is 8.32 Å². The summed E-state index contributed by atoms with van der Waals surface area (Å²) in [7, 11) is -2.76. The molecule has 0 rings (SSSR count). The quantitative estimate of drug-likeness (QED) is 0.384. The molecule has 0 unspecified atom stereocenters. The van der Waals surface area contributed by atoms with E-state index in [0.29, 0.717) is 5.04 Å². The lowest BCUT2D eigenvalue weighted by atomic mass is 10.2. The van der Waals surface area contributed by atoms with Gasteiger partial charge in [-0.25, -0.2) is 0 Å². The zero-order chi connectivity index (χ0) is 15.2. The van der Waals surface area contributed by atoms with Gasteiger partial charge < -0.3 is 4.43 Å². The van der Waals surface area contributed by atoms with Crippen LogP contribution in [0.2, 0.25) is 37.8 Å². The first kappa shape index (κ1) is 18.7. The fourth-order valence-electron chi connectivity index (χ4n) is 1.15. The highest BCUT2D eigenvalue weighted by Gasteiger charge is 2.36. The topological polar surface area (TPSA) is 9.23 Å². The summed E-state index contributed by atoms with van der Waals surface area (Å²) in [6.45, 7) is 19.1. The van der Waals surface area contributed by atoms with Crippen molar-refractivity contribution in [3.8, 4) is 11.5 Å². The van der Waals surface area contributed by atoms with Gasteiger partial charge >= 0.3 is 0 Å². The minimum atomic E-state index is -1.55. The van der Waals surface area contributed by atoms with E-state index in [9.17, 15) is 0 Å². The maximum absolute atomic E-state index is 6.13. The fourth-order valence-corrected chi connectivity index (χ4v) is 2.75. The third-order valence-electron chi connectivity index (χ3n) is 3.43. The van der Waals surface area contributed by atoms with Crippen LogP contribution in [-0.4, -0.2) is 23.0 Å². The number of rotatable bonds is 5. The van der Waals surface area contributed by atoms with Crippen LogP contribution >= 0.6 is 0 Å². The Morgan fingerprint density at radius 2 is 1.63 bits per heavy atom. The lowest BCUT2D eigenvalue weighted by molar-refractivity contribution is 0.283. The first-order valence-electron chi connectivity index (χ1n) is 7.27. The summed E-state index contributed by atoms with van der Waals surface area (Å²) < 4.78 is 6.13. The average molecular weight is 297 g/mol. The second kappa shape index (κ2) is 7.47. The maximum atomic E-state index is 6.13. The maximum Gasteiger partial charge on any atom is 0.191 e. The molecule has 0 N–H and O–H groups in total. The minimum Gasteiger partial charge on any atom is -0.417 e. The smallest absolute Gasteiger partial charge is 0.191 e. The minimum absolute atomic E-state index is 0.311. The highest BCUT2D eigenvalue weighted by atomic mass is 28.4. The summed E-state index contributed by atoms with van der Waals surface area (Å²) in [5, 5.41) is 0.311. The molecule has 19 heavy (non-hydrogen) atoms. The van der Waals surface area contributed by atoms with Gasteiger partial charge in [-0.3, -0.25) is 0 Å². The summed E-state index contributed by atoms with van der Waals surface area (Å²) in [5.74, 6) is 3.16. The Morgan fingerprint density at radius 1 is 1.05 bits per heavy atom. The predicted molar refractivity (Wildman–Crippen MR) is 92.6 cm³/mol. The molecule has 0 saturated heterocycles. The molecule has 0 atom stereocenters. The summed E-state index contributed by atoms with van der Waals surface area (Å²) in [4.78, 5) is 0. The highest BCUT2D eigenvalue weighted by Crippen LogP contribution is 2.36. The lowest BCUT2D eigenvalue weighted by Gasteiger charge is -2.36. The second-order valence-electron chi connectivity index (χ2n) is 7.67. The zero-order valence-electron chi connectivity index (χ0n) is 14.2. The molecular weight excluding hydrogens is 264 g/mol. The van der Waals surface area contributed by atoms with Gasteiger partial charge in [0, 0.05) is 6.61 Å². The van der Waals surface area contributed by atoms with Crippen molar-refractivity contribution in [2.75, 3.05) is 6.61 Å². The molecule has 0 fully saturated rings.